The zero-order valence-corrected chi connectivity index (χ0v) is 11.5. The summed E-state index contributed by atoms with van der Waals surface area (Å²) in [5, 5.41) is 0. The first-order valence-corrected chi connectivity index (χ1v) is 7.00. The van der Waals surface area contributed by atoms with Crippen molar-refractivity contribution in [2.75, 3.05) is 13.1 Å². The summed E-state index contributed by atoms with van der Waals surface area (Å²) in [7, 11) is 0. The Labute approximate surface area is 113 Å². The second-order valence-corrected chi connectivity index (χ2v) is 5.39. The first kappa shape index (κ1) is 14.4. The minimum Gasteiger partial charge on any atom is -0.329 e. The average molecular weight is 268 g/mol. The first-order valence-electron chi connectivity index (χ1n) is 7.00. The fourth-order valence-corrected chi connectivity index (χ4v) is 3.17. The summed E-state index contributed by atoms with van der Waals surface area (Å²) < 4.78 is 27.0. The van der Waals surface area contributed by atoms with Gasteiger partial charge >= 0.3 is 0 Å². The van der Waals surface area contributed by atoms with Crippen molar-refractivity contribution in [1.29, 1.82) is 0 Å². The molecule has 0 atom stereocenters. The van der Waals surface area contributed by atoms with Crippen LogP contribution >= 0.6 is 0 Å². The van der Waals surface area contributed by atoms with Gasteiger partial charge in [-0.15, -0.1) is 0 Å². The third kappa shape index (κ3) is 2.95. The minimum absolute atomic E-state index is 0.0342. The second-order valence-electron chi connectivity index (χ2n) is 5.39. The van der Waals surface area contributed by atoms with Gasteiger partial charge in [0.05, 0.1) is 0 Å². The predicted molar refractivity (Wildman–Crippen MR) is 72.7 cm³/mol. The van der Waals surface area contributed by atoms with Crippen LogP contribution < -0.4 is 5.73 Å². The van der Waals surface area contributed by atoms with Gasteiger partial charge in [0, 0.05) is 24.2 Å². The molecule has 1 aliphatic carbocycles. The van der Waals surface area contributed by atoms with E-state index < -0.39 is 0 Å². The summed E-state index contributed by atoms with van der Waals surface area (Å²) in [6.07, 6.45) is 4.43. The number of nitrogens with two attached hydrogens (primary N) is 1. The third-order valence-corrected chi connectivity index (χ3v) is 4.34. The van der Waals surface area contributed by atoms with E-state index in [0.29, 0.717) is 18.7 Å². The topological polar surface area (TPSA) is 29.3 Å². The quantitative estimate of drug-likeness (QED) is 0.889. The Balaban J connectivity index is 2.21. The van der Waals surface area contributed by atoms with Crippen LogP contribution in [0.15, 0.2) is 18.2 Å². The molecule has 0 aromatic heterocycles. The fourth-order valence-electron chi connectivity index (χ4n) is 3.17. The first-order chi connectivity index (χ1) is 9.11. The van der Waals surface area contributed by atoms with Crippen LogP contribution in [0.4, 0.5) is 8.78 Å². The van der Waals surface area contributed by atoms with E-state index in [9.17, 15) is 8.78 Å². The summed E-state index contributed by atoms with van der Waals surface area (Å²) in [5.41, 5.74) is 6.34. The highest BCUT2D eigenvalue weighted by molar-refractivity contribution is 5.19. The fraction of sp³-hybridized carbons (Fsp3) is 0.600. The van der Waals surface area contributed by atoms with Crippen LogP contribution in [-0.2, 0) is 6.54 Å². The normalized spacial score (nSPS) is 18.2. The molecule has 2 rings (SSSR count). The summed E-state index contributed by atoms with van der Waals surface area (Å²) in [6, 6.07) is 3.64. The van der Waals surface area contributed by atoms with E-state index >= 15 is 0 Å². The van der Waals surface area contributed by atoms with Crippen molar-refractivity contribution < 1.29 is 8.78 Å². The lowest BCUT2D eigenvalue weighted by Crippen LogP contribution is -2.51. The van der Waals surface area contributed by atoms with E-state index in [-0.39, 0.29) is 17.2 Å². The number of hydrogen-bond donors (Lipinski definition) is 1. The van der Waals surface area contributed by atoms with Gasteiger partial charge in [-0.05, 0) is 37.6 Å². The van der Waals surface area contributed by atoms with Crippen LogP contribution in [0, 0.1) is 11.6 Å². The van der Waals surface area contributed by atoms with E-state index in [0.717, 1.165) is 25.5 Å². The lowest BCUT2D eigenvalue weighted by molar-refractivity contribution is 0.0957. The van der Waals surface area contributed by atoms with E-state index in [1.54, 1.807) is 0 Å². The number of benzene rings is 1. The van der Waals surface area contributed by atoms with Crippen LogP contribution in [0.3, 0.4) is 0 Å². The number of nitrogens with zero attached hydrogens (tertiary/aromatic N) is 1. The Hall–Kier alpha value is -1.00. The second kappa shape index (κ2) is 5.97. The zero-order valence-electron chi connectivity index (χ0n) is 11.5. The van der Waals surface area contributed by atoms with Crippen LogP contribution in [0.5, 0.6) is 0 Å². The number of halogens is 2. The highest BCUT2D eigenvalue weighted by Crippen LogP contribution is 2.35. The van der Waals surface area contributed by atoms with Gasteiger partial charge in [-0.3, -0.25) is 4.90 Å². The highest BCUT2D eigenvalue weighted by Gasteiger charge is 2.37. The van der Waals surface area contributed by atoms with Gasteiger partial charge in [0.2, 0.25) is 0 Å². The molecule has 2 nitrogen and oxygen atoms in total. The third-order valence-electron chi connectivity index (χ3n) is 4.34. The van der Waals surface area contributed by atoms with Gasteiger partial charge < -0.3 is 5.73 Å². The summed E-state index contributed by atoms with van der Waals surface area (Å²) in [6.45, 7) is 3.86. The molecular formula is C15H22F2N2. The molecule has 1 fully saturated rings. The molecule has 1 aromatic carbocycles. The Morgan fingerprint density at radius 3 is 2.53 bits per heavy atom. The van der Waals surface area contributed by atoms with Crippen LogP contribution in [0.2, 0.25) is 0 Å². The van der Waals surface area contributed by atoms with Crippen molar-refractivity contribution in [3.05, 3.63) is 35.4 Å². The van der Waals surface area contributed by atoms with E-state index in [2.05, 4.69) is 4.90 Å². The molecule has 0 spiro atoms. The lowest BCUT2D eigenvalue weighted by atomic mass is 9.94. The van der Waals surface area contributed by atoms with E-state index in [4.69, 9.17) is 5.73 Å². The number of likely N-dealkylation sites (N-methyl/N-ethyl adjacent to an activating group) is 1. The summed E-state index contributed by atoms with van der Waals surface area (Å²) in [5.74, 6) is -0.731. The van der Waals surface area contributed by atoms with Crippen LogP contribution in [-0.4, -0.2) is 23.5 Å². The molecule has 1 aromatic rings. The zero-order chi connectivity index (χ0) is 13.9. The standard InChI is InChI=1S/C15H22F2N2/c1-2-19(15(11-18)7-3-4-8-15)10-12-9-13(16)5-6-14(12)17/h5-6,9H,2-4,7-8,10-11,18H2,1H3. The molecule has 19 heavy (non-hydrogen) atoms. The smallest absolute Gasteiger partial charge is 0.127 e. The molecule has 0 amide bonds. The van der Waals surface area contributed by atoms with Crippen LogP contribution in [0.25, 0.3) is 0 Å². The molecule has 0 aliphatic heterocycles. The Morgan fingerprint density at radius 1 is 1.26 bits per heavy atom. The maximum Gasteiger partial charge on any atom is 0.127 e. The van der Waals surface area contributed by atoms with Gasteiger partial charge in [0.25, 0.3) is 0 Å². The van der Waals surface area contributed by atoms with Gasteiger partial charge in [0.15, 0.2) is 0 Å². The molecule has 0 saturated heterocycles. The Kier molecular flexibility index (Phi) is 4.53. The summed E-state index contributed by atoms with van der Waals surface area (Å²) in [4.78, 5) is 2.21. The lowest BCUT2D eigenvalue weighted by Gasteiger charge is -2.40. The number of hydrogen-bond acceptors (Lipinski definition) is 2. The van der Waals surface area contributed by atoms with Crippen molar-refractivity contribution in [2.45, 2.75) is 44.7 Å². The van der Waals surface area contributed by atoms with E-state index in [1.807, 2.05) is 6.92 Å². The van der Waals surface area contributed by atoms with Crippen molar-refractivity contribution >= 4 is 0 Å². The van der Waals surface area contributed by atoms with Gasteiger partial charge in [-0.2, -0.15) is 0 Å². The van der Waals surface area contributed by atoms with Crippen LogP contribution in [0.1, 0.15) is 38.2 Å². The van der Waals surface area contributed by atoms with Gasteiger partial charge in [-0.1, -0.05) is 19.8 Å². The number of rotatable bonds is 5. The molecule has 2 N–H and O–H groups in total. The largest absolute Gasteiger partial charge is 0.329 e. The molecule has 0 heterocycles. The maximum atomic E-state index is 13.8. The molecule has 0 radical (unpaired) electrons. The van der Waals surface area contributed by atoms with Gasteiger partial charge in [-0.25, -0.2) is 8.78 Å². The molecule has 0 unspecified atom stereocenters. The van der Waals surface area contributed by atoms with Crippen molar-refractivity contribution in [3.63, 3.8) is 0 Å². The molecule has 0 bridgehead atoms. The SMILES string of the molecule is CCN(Cc1cc(F)ccc1F)C1(CN)CCCC1. The highest BCUT2D eigenvalue weighted by atomic mass is 19.1. The van der Waals surface area contributed by atoms with Crippen molar-refractivity contribution in [3.8, 4) is 0 Å². The Bertz CT molecular complexity index is 428. The minimum atomic E-state index is -0.388. The van der Waals surface area contributed by atoms with E-state index in [1.165, 1.54) is 25.0 Å². The molecular weight excluding hydrogens is 246 g/mol. The molecule has 1 aliphatic rings. The molecule has 1 saturated carbocycles. The Morgan fingerprint density at radius 2 is 1.95 bits per heavy atom. The molecule has 106 valence electrons. The maximum absolute atomic E-state index is 13.8. The predicted octanol–water partition coefficient (Wildman–Crippen LogP) is 3.06. The van der Waals surface area contributed by atoms with Crippen molar-refractivity contribution in [2.24, 2.45) is 5.73 Å². The van der Waals surface area contributed by atoms with Gasteiger partial charge in [0.1, 0.15) is 11.6 Å². The summed E-state index contributed by atoms with van der Waals surface area (Å²) >= 11 is 0. The molecule has 4 heteroatoms. The monoisotopic (exact) mass is 268 g/mol. The van der Waals surface area contributed by atoms with Crippen molar-refractivity contribution in [1.82, 2.24) is 4.90 Å². The average Bonchev–Trinajstić information content (AvgIpc) is 2.89.